The first-order valence-electron chi connectivity index (χ1n) is 6.45. The first-order chi connectivity index (χ1) is 10.1. The Kier molecular flexibility index (Phi) is 3.31. The largest absolute Gasteiger partial charge is 0.486 e. The third kappa shape index (κ3) is 2.58. The zero-order valence-corrected chi connectivity index (χ0v) is 11.4. The number of benzene rings is 2. The molecule has 0 radical (unpaired) electrons. The van der Waals surface area contributed by atoms with Crippen LogP contribution in [-0.4, -0.2) is 16.2 Å². The molecule has 0 unspecified atom stereocenters. The molecule has 1 N–H and O–H groups in total. The van der Waals surface area contributed by atoms with Crippen molar-refractivity contribution in [3.8, 4) is 5.75 Å². The number of aryl methyl sites for hydroxylation is 1. The van der Waals surface area contributed by atoms with Gasteiger partial charge in [-0.05, 0) is 23.8 Å². The molecular weight excluding hydrogens is 270 g/mol. The average Bonchev–Trinajstić information content (AvgIpc) is 2.89. The molecule has 0 aliphatic carbocycles. The Labute approximate surface area is 120 Å². The topological polar surface area (TPSA) is 72.6 Å². The number of carbonyl (C=O) groups is 1. The van der Waals surface area contributed by atoms with E-state index in [1.54, 1.807) is 31.2 Å². The van der Waals surface area contributed by atoms with Gasteiger partial charge >= 0.3 is 5.97 Å². The molecule has 0 saturated heterocycles. The van der Waals surface area contributed by atoms with Crippen molar-refractivity contribution in [3.05, 3.63) is 59.5 Å². The van der Waals surface area contributed by atoms with Crippen LogP contribution in [0.1, 0.15) is 21.8 Å². The van der Waals surface area contributed by atoms with Crippen LogP contribution in [-0.2, 0) is 6.61 Å². The van der Waals surface area contributed by atoms with Gasteiger partial charge in [0.25, 0.3) is 0 Å². The molecule has 0 amide bonds. The summed E-state index contributed by atoms with van der Waals surface area (Å²) in [6.45, 7) is 1.95. The molecule has 5 nitrogen and oxygen atoms in total. The number of hydrogen-bond donors (Lipinski definition) is 1. The van der Waals surface area contributed by atoms with E-state index >= 15 is 0 Å². The zero-order chi connectivity index (χ0) is 14.8. The van der Waals surface area contributed by atoms with Gasteiger partial charge in [-0.25, -0.2) is 4.79 Å². The van der Waals surface area contributed by atoms with Crippen molar-refractivity contribution in [1.82, 2.24) is 5.16 Å². The summed E-state index contributed by atoms with van der Waals surface area (Å²) >= 11 is 0. The minimum absolute atomic E-state index is 0.160. The van der Waals surface area contributed by atoms with Crippen molar-refractivity contribution in [2.45, 2.75) is 13.5 Å². The summed E-state index contributed by atoms with van der Waals surface area (Å²) in [4.78, 5) is 11.5. The van der Waals surface area contributed by atoms with Gasteiger partial charge in [0.1, 0.15) is 29.4 Å². The molecule has 0 bridgehead atoms. The van der Waals surface area contributed by atoms with Crippen molar-refractivity contribution < 1.29 is 19.2 Å². The Bertz CT molecular complexity index is 807. The monoisotopic (exact) mass is 283 g/mol. The van der Waals surface area contributed by atoms with Crippen LogP contribution in [0.15, 0.2) is 47.0 Å². The van der Waals surface area contributed by atoms with Crippen LogP contribution in [0.4, 0.5) is 0 Å². The van der Waals surface area contributed by atoms with Crippen LogP contribution in [0, 0.1) is 6.92 Å². The van der Waals surface area contributed by atoms with Gasteiger partial charge in [0, 0.05) is 6.07 Å². The highest BCUT2D eigenvalue weighted by atomic mass is 16.5. The van der Waals surface area contributed by atoms with E-state index in [4.69, 9.17) is 9.26 Å². The lowest BCUT2D eigenvalue weighted by Gasteiger charge is -2.10. The number of fused-ring (bicyclic) bond motifs is 1. The number of aromatic nitrogens is 1. The van der Waals surface area contributed by atoms with Crippen LogP contribution in [0.5, 0.6) is 5.75 Å². The van der Waals surface area contributed by atoms with Crippen molar-refractivity contribution >= 4 is 16.7 Å². The number of nitrogens with zero attached hydrogens (tertiary/aromatic N) is 1. The number of carboxylic acids is 1. The molecule has 0 spiro atoms. The summed E-state index contributed by atoms with van der Waals surface area (Å²) in [6, 6.07) is 12.6. The number of aromatic carboxylic acids is 1. The number of ether oxygens (including phenoxy) is 1. The Morgan fingerprint density at radius 1 is 1.29 bits per heavy atom. The summed E-state index contributed by atoms with van der Waals surface area (Å²) < 4.78 is 10.6. The number of rotatable bonds is 4. The van der Waals surface area contributed by atoms with Gasteiger partial charge in [-0.2, -0.15) is 0 Å². The van der Waals surface area contributed by atoms with E-state index in [2.05, 4.69) is 5.16 Å². The van der Waals surface area contributed by atoms with Crippen molar-refractivity contribution in [2.24, 2.45) is 0 Å². The number of carboxylic acid groups (broad SMARTS) is 1. The van der Waals surface area contributed by atoms with Gasteiger partial charge in [0.15, 0.2) is 0 Å². The third-order valence-corrected chi connectivity index (χ3v) is 3.16. The Hall–Kier alpha value is -2.82. The summed E-state index contributed by atoms with van der Waals surface area (Å²) in [7, 11) is 0. The summed E-state index contributed by atoms with van der Waals surface area (Å²) in [6.07, 6.45) is 0. The summed E-state index contributed by atoms with van der Waals surface area (Å²) in [5.74, 6) is -0.00874. The zero-order valence-electron chi connectivity index (χ0n) is 11.4. The quantitative estimate of drug-likeness (QED) is 0.794. The maximum atomic E-state index is 11.5. The standard InChI is InChI=1S/C16H13NO4/c1-10-8-12(17-21-10)9-20-14-7-6-11-4-2-3-5-13(11)15(14)16(18)19/h2-8H,9H2,1H3,(H,18,19). The SMILES string of the molecule is Cc1cc(COc2ccc3ccccc3c2C(=O)O)no1. The van der Waals surface area contributed by atoms with Crippen LogP contribution in [0.25, 0.3) is 10.8 Å². The second-order valence-corrected chi connectivity index (χ2v) is 4.68. The van der Waals surface area contributed by atoms with Crippen molar-refractivity contribution in [1.29, 1.82) is 0 Å². The average molecular weight is 283 g/mol. The third-order valence-electron chi connectivity index (χ3n) is 3.16. The smallest absolute Gasteiger partial charge is 0.340 e. The highest BCUT2D eigenvalue weighted by Crippen LogP contribution is 2.28. The normalized spacial score (nSPS) is 10.7. The van der Waals surface area contributed by atoms with E-state index in [9.17, 15) is 9.90 Å². The Morgan fingerprint density at radius 2 is 2.10 bits per heavy atom. The lowest BCUT2D eigenvalue weighted by atomic mass is 10.0. The van der Waals surface area contributed by atoms with Crippen molar-refractivity contribution in [3.63, 3.8) is 0 Å². The molecule has 106 valence electrons. The molecule has 0 saturated carbocycles. The molecule has 0 atom stereocenters. The fraction of sp³-hybridized carbons (Fsp3) is 0.125. The molecule has 0 aliphatic rings. The molecule has 2 aromatic carbocycles. The second kappa shape index (κ2) is 5.28. The fourth-order valence-electron chi connectivity index (χ4n) is 2.23. The molecule has 0 aliphatic heterocycles. The lowest BCUT2D eigenvalue weighted by molar-refractivity contribution is 0.0694. The maximum absolute atomic E-state index is 11.5. The summed E-state index contributed by atoms with van der Waals surface area (Å²) in [5.41, 5.74) is 0.783. The molecule has 0 fully saturated rings. The molecule has 21 heavy (non-hydrogen) atoms. The van der Waals surface area contributed by atoms with E-state index in [-0.39, 0.29) is 12.2 Å². The molecule has 3 aromatic rings. The molecule has 1 heterocycles. The van der Waals surface area contributed by atoms with Crippen LogP contribution in [0.3, 0.4) is 0 Å². The Balaban J connectivity index is 1.97. The number of hydrogen-bond acceptors (Lipinski definition) is 4. The van der Waals surface area contributed by atoms with Gasteiger partial charge in [0.05, 0.1) is 0 Å². The predicted octanol–water partition coefficient (Wildman–Crippen LogP) is 3.41. The van der Waals surface area contributed by atoms with Gasteiger partial charge in [-0.1, -0.05) is 35.5 Å². The molecule has 3 rings (SSSR count). The highest BCUT2D eigenvalue weighted by molar-refractivity contribution is 6.06. The first-order valence-corrected chi connectivity index (χ1v) is 6.45. The fourth-order valence-corrected chi connectivity index (χ4v) is 2.23. The first kappa shape index (κ1) is 13.2. The molecular formula is C16H13NO4. The van der Waals surface area contributed by atoms with Crippen LogP contribution >= 0.6 is 0 Å². The van der Waals surface area contributed by atoms with Crippen LogP contribution < -0.4 is 4.74 Å². The van der Waals surface area contributed by atoms with E-state index in [0.29, 0.717) is 22.6 Å². The molecule has 5 heteroatoms. The highest BCUT2D eigenvalue weighted by Gasteiger charge is 2.16. The second-order valence-electron chi connectivity index (χ2n) is 4.68. The van der Waals surface area contributed by atoms with E-state index in [0.717, 1.165) is 5.39 Å². The van der Waals surface area contributed by atoms with Gasteiger partial charge in [-0.3, -0.25) is 0 Å². The lowest BCUT2D eigenvalue weighted by Crippen LogP contribution is -2.04. The van der Waals surface area contributed by atoms with Crippen molar-refractivity contribution in [2.75, 3.05) is 0 Å². The predicted molar refractivity (Wildman–Crippen MR) is 76.5 cm³/mol. The van der Waals surface area contributed by atoms with E-state index < -0.39 is 5.97 Å². The molecule has 1 aromatic heterocycles. The maximum Gasteiger partial charge on any atom is 0.340 e. The van der Waals surface area contributed by atoms with E-state index in [1.165, 1.54) is 0 Å². The van der Waals surface area contributed by atoms with Gasteiger partial charge in [0.2, 0.25) is 0 Å². The minimum Gasteiger partial charge on any atom is -0.486 e. The van der Waals surface area contributed by atoms with E-state index in [1.807, 2.05) is 18.2 Å². The van der Waals surface area contributed by atoms with Crippen LogP contribution in [0.2, 0.25) is 0 Å². The minimum atomic E-state index is -1.02. The summed E-state index contributed by atoms with van der Waals surface area (Å²) in [5, 5.41) is 14.8. The van der Waals surface area contributed by atoms with Gasteiger partial charge in [-0.15, -0.1) is 0 Å². The van der Waals surface area contributed by atoms with Gasteiger partial charge < -0.3 is 14.4 Å². The Morgan fingerprint density at radius 3 is 2.81 bits per heavy atom.